The number of para-hydroxylation sites is 2. The van der Waals surface area contributed by atoms with Crippen molar-refractivity contribution in [3.05, 3.63) is 30.5 Å². The molecule has 0 radical (unpaired) electrons. The Balaban J connectivity index is 1.74. The first-order chi connectivity index (χ1) is 8.81. The predicted octanol–water partition coefficient (Wildman–Crippen LogP) is 2.31. The van der Waals surface area contributed by atoms with Gasteiger partial charge in [-0.2, -0.15) is 0 Å². The van der Waals surface area contributed by atoms with E-state index in [-0.39, 0.29) is 0 Å². The van der Waals surface area contributed by atoms with Crippen LogP contribution < -0.4 is 11.1 Å². The van der Waals surface area contributed by atoms with Crippen molar-refractivity contribution in [2.45, 2.75) is 37.8 Å². The van der Waals surface area contributed by atoms with Crippen LogP contribution in [0.4, 0.5) is 5.82 Å². The van der Waals surface area contributed by atoms with Crippen molar-refractivity contribution in [2.75, 3.05) is 5.32 Å². The number of fused-ring (bicyclic) bond motifs is 1. The summed E-state index contributed by atoms with van der Waals surface area (Å²) in [6.45, 7) is 0. The molecule has 0 unspecified atom stereocenters. The van der Waals surface area contributed by atoms with Gasteiger partial charge >= 0.3 is 0 Å². The average molecular weight is 242 g/mol. The van der Waals surface area contributed by atoms with Crippen LogP contribution in [0, 0.1) is 0 Å². The molecule has 1 aliphatic carbocycles. The van der Waals surface area contributed by atoms with Crippen LogP contribution in [0.1, 0.15) is 25.7 Å². The summed E-state index contributed by atoms with van der Waals surface area (Å²) < 4.78 is 0. The van der Waals surface area contributed by atoms with Gasteiger partial charge in [0.2, 0.25) is 0 Å². The van der Waals surface area contributed by atoms with Crippen LogP contribution in [0.25, 0.3) is 11.0 Å². The van der Waals surface area contributed by atoms with Crippen molar-refractivity contribution < 1.29 is 0 Å². The molecule has 1 aromatic carbocycles. The molecule has 1 fully saturated rings. The topological polar surface area (TPSA) is 63.8 Å². The monoisotopic (exact) mass is 242 g/mol. The number of hydrogen-bond donors (Lipinski definition) is 2. The van der Waals surface area contributed by atoms with Gasteiger partial charge in [-0.3, -0.25) is 4.98 Å². The molecule has 1 aliphatic rings. The summed E-state index contributed by atoms with van der Waals surface area (Å²) in [6.07, 6.45) is 6.25. The Labute approximate surface area is 107 Å². The lowest BCUT2D eigenvalue weighted by molar-refractivity contribution is 0.410. The number of anilines is 1. The minimum Gasteiger partial charge on any atom is -0.366 e. The lowest BCUT2D eigenvalue weighted by atomic mass is 9.92. The molecule has 4 heteroatoms. The summed E-state index contributed by atoms with van der Waals surface area (Å²) in [5.74, 6) is 0.870. The summed E-state index contributed by atoms with van der Waals surface area (Å²) in [6, 6.07) is 8.80. The highest BCUT2D eigenvalue weighted by atomic mass is 15.0. The maximum atomic E-state index is 5.91. The van der Waals surface area contributed by atoms with Crippen LogP contribution in [0.15, 0.2) is 30.5 Å². The van der Waals surface area contributed by atoms with Gasteiger partial charge in [0, 0.05) is 12.1 Å². The van der Waals surface area contributed by atoms with Crippen molar-refractivity contribution in [1.82, 2.24) is 9.97 Å². The van der Waals surface area contributed by atoms with E-state index in [1.54, 1.807) is 0 Å². The van der Waals surface area contributed by atoms with Crippen molar-refractivity contribution in [1.29, 1.82) is 0 Å². The summed E-state index contributed by atoms with van der Waals surface area (Å²) in [7, 11) is 0. The molecule has 1 aromatic heterocycles. The van der Waals surface area contributed by atoms with E-state index in [1.807, 2.05) is 30.5 Å². The number of nitrogens with zero attached hydrogens (tertiary/aromatic N) is 2. The third-order valence-electron chi connectivity index (χ3n) is 3.57. The van der Waals surface area contributed by atoms with Gasteiger partial charge in [0.1, 0.15) is 5.82 Å². The van der Waals surface area contributed by atoms with E-state index in [9.17, 15) is 0 Å². The maximum Gasteiger partial charge on any atom is 0.145 e. The van der Waals surface area contributed by atoms with Gasteiger partial charge in [0.05, 0.1) is 17.2 Å². The Bertz CT molecular complexity index is 532. The molecule has 4 nitrogen and oxygen atoms in total. The highest BCUT2D eigenvalue weighted by Gasteiger charge is 2.18. The Morgan fingerprint density at radius 1 is 1.06 bits per heavy atom. The molecule has 0 bridgehead atoms. The molecular formula is C14H18N4. The quantitative estimate of drug-likeness (QED) is 0.848. The van der Waals surface area contributed by atoms with Gasteiger partial charge in [-0.05, 0) is 37.8 Å². The van der Waals surface area contributed by atoms with Crippen LogP contribution in [0.3, 0.4) is 0 Å². The summed E-state index contributed by atoms with van der Waals surface area (Å²) in [5.41, 5.74) is 7.79. The highest BCUT2D eigenvalue weighted by molar-refractivity contribution is 5.75. The first-order valence-electron chi connectivity index (χ1n) is 6.55. The van der Waals surface area contributed by atoms with E-state index in [2.05, 4.69) is 15.3 Å². The first kappa shape index (κ1) is 11.4. The SMILES string of the molecule is NC1CCC(Nc2cnc3ccccc3n2)CC1. The molecule has 2 aromatic rings. The predicted molar refractivity (Wildman–Crippen MR) is 73.4 cm³/mol. The number of aromatic nitrogens is 2. The van der Waals surface area contributed by atoms with E-state index in [0.29, 0.717) is 12.1 Å². The van der Waals surface area contributed by atoms with Crippen molar-refractivity contribution in [2.24, 2.45) is 5.73 Å². The average Bonchev–Trinajstić information content (AvgIpc) is 2.41. The fraction of sp³-hybridized carbons (Fsp3) is 0.429. The molecule has 0 aliphatic heterocycles. The maximum absolute atomic E-state index is 5.91. The number of nitrogens with one attached hydrogen (secondary N) is 1. The first-order valence-corrected chi connectivity index (χ1v) is 6.55. The zero-order valence-corrected chi connectivity index (χ0v) is 10.3. The van der Waals surface area contributed by atoms with E-state index in [1.165, 1.54) is 0 Å². The fourth-order valence-corrected chi connectivity index (χ4v) is 2.50. The zero-order valence-electron chi connectivity index (χ0n) is 10.3. The second-order valence-corrected chi connectivity index (χ2v) is 5.00. The van der Waals surface area contributed by atoms with Crippen LogP contribution in [0.2, 0.25) is 0 Å². The number of benzene rings is 1. The summed E-state index contributed by atoms with van der Waals surface area (Å²) in [5, 5.41) is 3.46. The van der Waals surface area contributed by atoms with Gasteiger partial charge in [-0.15, -0.1) is 0 Å². The highest BCUT2D eigenvalue weighted by Crippen LogP contribution is 2.21. The normalized spacial score (nSPS) is 24.1. The van der Waals surface area contributed by atoms with Gasteiger partial charge in [-0.1, -0.05) is 12.1 Å². The van der Waals surface area contributed by atoms with Crippen LogP contribution in [0.5, 0.6) is 0 Å². The molecule has 0 atom stereocenters. The Morgan fingerprint density at radius 2 is 1.78 bits per heavy atom. The lowest BCUT2D eigenvalue weighted by Crippen LogP contribution is -2.33. The van der Waals surface area contributed by atoms with Crippen molar-refractivity contribution >= 4 is 16.9 Å². The number of hydrogen-bond acceptors (Lipinski definition) is 4. The third-order valence-corrected chi connectivity index (χ3v) is 3.57. The Kier molecular flexibility index (Phi) is 3.11. The Hall–Kier alpha value is -1.68. The van der Waals surface area contributed by atoms with E-state index in [0.717, 1.165) is 42.5 Å². The molecule has 3 rings (SSSR count). The third kappa shape index (κ3) is 2.43. The van der Waals surface area contributed by atoms with Gasteiger partial charge in [0.25, 0.3) is 0 Å². The van der Waals surface area contributed by atoms with E-state index < -0.39 is 0 Å². The standard InChI is InChI=1S/C14H18N4/c15-10-5-7-11(8-6-10)17-14-9-16-12-3-1-2-4-13(12)18-14/h1-4,9-11H,5-8,15H2,(H,17,18). The second-order valence-electron chi connectivity index (χ2n) is 5.00. The largest absolute Gasteiger partial charge is 0.366 e. The molecule has 0 amide bonds. The van der Waals surface area contributed by atoms with Crippen molar-refractivity contribution in [3.63, 3.8) is 0 Å². The molecule has 1 heterocycles. The molecule has 0 spiro atoms. The van der Waals surface area contributed by atoms with Gasteiger partial charge in [0.15, 0.2) is 0 Å². The summed E-state index contributed by atoms with van der Waals surface area (Å²) >= 11 is 0. The number of nitrogens with two attached hydrogens (primary N) is 1. The van der Waals surface area contributed by atoms with Gasteiger partial charge in [-0.25, -0.2) is 4.98 Å². The molecule has 18 heavy (non-hydrogen) atoms. The number of rotatable bonds is 2. The molecule has 3 N–H and O–H groups in total. The smallest absolute Gasteiger partial charge is 0.145 e. The molecule has 1 saturated carbocycles. The Morgan fingerprint density at radius 3 is 2.56 bits per heavy atom. The summed E-state index contributed by atoms with van der Waals surface area (Å²) in [4.78, 5) is 9.00. The molecule has 94 valence electrons. The minimum atomic E-state index is 0.380. The second kappa shape index (κ2) is 4.90. The molecule has 0 saturated heterocycles. The van der Waals surface area contributed by atoms with Crippen molar-refractivity contribution in [3.8, 4) is 0 Å². The van der Waals surface area contributed by atoms with Crippen LogP contribution in [-0.4, -0.2) is 22.1 Å². The lowest BCUT2D eigenvalue weighted by Gasteiger charge is -2.27. The minimum absolute atomic E-state index is 0.380. The van der Waals surface area contributed by atoms with Crippen LogP contribution in [-0.2, 0) is 0 Å². The zero-order chi connectivity index (χ0) is 12.4. The van der Waals surface area contributed by atoms with E-state index >= 15 is 0 Å². The van der Waals surface area contributed by atoms with Gasteiger partial charge < -0.3 is 11.1 Å². The fourth-order valence-electron chi connectivity index (χ4n) is 2.50. The van der Waals surface area contributed by atoms with E-state index in [4.69, 9.17) is 5.73 Å². The molecular weight excluding hydrogens is 224 g/mol. The van der Waals surface area contributed by atoms with Crippen LogP contribution >= 0.6 is 0 Å².